The van der Waals surface area contributed by atoms with E-state index >= 15 is 0 Å². The molecule has 0 amide bonds. The fourth-order valence-corrected chi connectivity index (χ4v) is 6.96. The minimum atomic E-state index is 0.384. The van der Waals surface area contributed by atoms with Gasteiger partial charge in [-0.15, -0.1) is 0 Å². The van der Waals surface area contributed by atoms with Crippen LogP contribution in [0.3, 0.4) is 0 Å². The molecule has 1 aliphatic heterocycles. The van der Waals surface area contributed by atoms with Crippen molar-refractivity contribution in [3.63, 3.8) is 0 Å². The molecule has 8 rings (SSSR count). The Hall–Kier alpha value is -4.30. The molecule has 3 aliphatic carbocycles. The highest BCUT2D eigenvalue weighted by atomic mass is 15.2. The van der Waals surface area contributed by atoms with E-state index in [9.17, 15) is 0 Å². The largest absolute Gasteiger partial charge is 0.334 e. The number of fused-ring (bicyclic) bond motifs is 5. The standard InChI is InChI=1S/C36H30N2/c1-5-13-33-29(9-1)30-10-2-6-14-34(30)37(33)27-21-17-25(18-22-27)26-19-23-28(24-20-26)38-35-15-7-3-11-31(35)32-12-4-8-16-36(32)38/h1,3,5-9,11,13-24,29,33H,2,4,10,12H2. The van der Waals surface area contributed by atoms with Crippen LogP contribution in [0.15, 0.2) is 127 Å². The highest BCUT2D eigenvalue weighted by Crippen LogP contribution is 2.45. The number of benzene rings is 3. The lowest BCUT2D eigenvalue weighted by Crippen LogP contribution is -2.32. The van der Waals surface area contributed by atoms with Crippen molar-refractivity contribution < 1.29 is 0 Å². The Morgan fingerprint density at radius 3 is 2.21 bits per heavy atom. The van der Waals surface area contributed by atoms with Gasteiger partial charge in [0.25, 0.3) is 0 Å². The minimum Gasteiger partial charge on any atom is -0.334 e. The number of hydrogen-bond acceptors (Lipinski definition) is 1. The van der Waals surface area contributed by atoms with Crippen molar-refractivity contribution in [2.45, 2.75) is 31.7 Å². The van der Waals surface area contributed by atoms with E-state index in [2.05, 4.69) is 131 Å². The first-order valence-corrected chi connectivity index (χ1v) is 13.9. The molecule has 2 atom stereocenters. The molecule has 0 saturated heterocycles. The van der Waals surface area contributed by atoms with Gasteiger partial charge in [-0.1, -0.05) is 78.9 Å². The highest BCUT2D eigenvalue weighted by Gasteiger charge is 2.38. The normalized spacial score (nSPS) is 21.2. The number of allylic oxidation sites excluding steroid dienone is 5. The zero-order chi connectivity index (χ0) is 25.1. The molecule has 184 valence electrons. The fourth-order valence-electron chi connectivity index (χ4n) is 6.96. The molecule has 2 heteroatoms. The van der Waals surface area contributed by atoms with Gasteiger partial charge in [-0.3, -0.25) is 0 Å². The Morgan fingerprint density at radius 1 is 0.658 bits per heavy atom. The zero-order valence-electron chi connectivity index (χ0n) is 21.4. The van der Waals surface area contributed by atoms with Crippen molar-refractivity contribution in [3.8, 4) is 16.8 Å². The molecule has 0 N–H and O–H groups in total. The topological polar surface area (TPSA) is 8.17 Å². The first-order chi connectivity index (χ1) is 18.9. The third-order valence-corrected chi connectivity index (χ3v) is 8.71. The average Bonchev–Trinajstić information content (AvgIpc) is 3.51. The van der Waals surface area contributed by atoms with Gasteiger partial charge in [-0.2, -0.15) is 0 Å². The van der Waals surface area contributed by atoms with E-state index in [1.54, 1.807) is 5.57 Å². The van der Waals surface area contributed by atoms with Crippen LogP contribution in [0.4, 0.5) is 5.69 Å². The lowest BCUT2D eigenvalue weighted by molar-refractivity contribution is 0.658. The molecule has 0 fully saturated rings. The predicted molar refractivity (Wildman–Crippen MR) is 160 cm³/mol. The third-order valence-electron chi connectivity index (χ3n) is 8.71. The highest BCUT2D eigenvalue weighted by molar-refractivity contribution is 5.90. The van der Waals surface area contributed by atoms with Crippen LogP contribution in [0.1, 0.15) is 30.5 Å². The van der Waals surface area contributed by atoms with Crippen LogP contribution in [0.2, 0.25) is 0 Å². The molecule has 2 unspecified atom stereocenters. The molecule has 2 nitrogen and oxygen atoms in total. The van der Waals surface area contributed by atoms with Crippen molar-refractivity contribution >= 4 is 22.7 Å². The van der Waals surface area contributed by atoms with Gasteiger partial charge in [0, 0.05) is 34.1 Å². The van der Waals surface area contributed by atoms with Crippen LogP contribution in [0.5, 0.6) is 0 Å². The maximum absolute atomic E-state index is 2.54. The molecule has 0 saturated carbocycles. The lowest BCUT2D eigenvalue weighted by atomic mass is 9.87. The quantitative estimate of drug-likeness (QED) is 0.279. The summed E-state index contributed by atoms with van der Waals surface area (Å²) in [5, 5.41) is 1.38. The van der Waals surface area contributed by atoms with Crippen molar-refractivity contribution in [1.82, 2.24) is 4.57 Å². The van der Waals surface area contributed by atoms with Crippen LogP contribution < -0.4 is 4.90 Å². The van der Waals surface area contributed by atoms with E-state index in [1.165, 1.54) is 56.8 Å². The van der Waals surface area contributed by atoms with Gasteiger partial charge < -0.3 is 9.47 Å². The molecule has 2 heterocycles. The smallest absolute Gasteiger partial charge is 0.0626 e. The first-order valence-electron chi connectivity index (χ1n) is 13.9. The van der Waals surface area contributed by atoms with Gasteiger partial charge in [0.05, 0.1) is 11.6 Å². The lowest BCUT2D eigenvalue weighted by Gasteiger charge is -2.30. The molecule has 0 radical (unpaired) electrons. The summed E-state index contributed by atoms with van der Waals surface area (Å²) in [6.07, 6.45) is 23.0. The molecule has 4 aliphatic rings. The van der Waals surface area contributed by atoms with Crippen molar-refractivity contribution in [1.29, 1.82) is 0 Å². The summed E-state index contributed by atoms with van der Waals surface area (Å²) in [5.74, 6) is 0.498. The molecular weight excluding hydrogens is 460 g/mol. The van der Waals surface area contributed by atoms with Crippen molar-refractivity contribution in [3.05, 3.63) is 138 Å². The van der Waals surface area contributed by atoms with Gasteiger partial charge >= 0.3 is 0 Å². The van der Waals surface area contributed by atoms with Gasteiger partial charge in [0.15, 0.2) is 0 Å². The van der Waals surface area contributed by atoms with Crippen molar-refractivity contribution in [2.75, 3.05) is 4.90 Å². The summed E-state index contributed by atoms with van der Waals surface area (Å²) >= 11 is 0. The Kier molecular flexibility index (Phi) is 4.94. The summed E-state index contributed by atoms with van der Waals surface area (Å²) in [6, 6.07) is 27.4. The van der Waals surface area contributed by atoms with Crippen LogP contribution in [-0.2, 0) is 6.42 Å². The Balaban J connectivity index is 1.12. The van der Waals surface area contributed by atoms with Gasteiger partial charge in [-0.25, -0.2) is 0 Å². The number of aryl methyl sites for hydroxylation is 1. The average molecular weight is 491 g/mol. The summed E-state index contributed by atoms with van der Waals surface area (Å²) in [4.78, 5) is 2.54. The second-order valence-corrected chi connectivity index (χ2v) is 10.8. The zero-order valence-corrected chi connectivity index (χ0v) is 21.4. The van der Waals surface area contributed by atoms with E-state index in [-0.39, 0.29) is 0 Å². The molecule has 3 aromatic carbocycles. The van der Waals surface area contributed by atoms with E-state index in [0.717, 1.165) is 19.3 Å². The summed E-state index contributed by atoms with van der Waals surface area (Å²) in [7, 11) is 0. The van der Waals surface area contributed by atoms with E-state index in [0.29, 0.717) is 12.0 Å². The third kappa shape index (κ3) is 3.26. The Labute approximate surface area is 224 Å². The van der Waals surface area contributed by atoms with Gasteiger partial charge in [-0.05, 0) is 90.4 Å². The van der Waals surface area contributed by atoms with E-state index in [1.807, 2.05) is 0 Å². The summed E-state index contributed by atoms with van der Waals surface area (Å²) < 4.78 is 2.42. The van der Waals surface area contributed by atoms with Crippen molar-refractivity contribution in [2.24, 2.45) is 5.92 Å². The molecule has 1 aromatic heterocycles. The van der Waals surface area contributed by atoms with Crippen LogP contribution in [-0.4, -0.2) is 10.6 Å². The number of rotatable bonds is 3. The SMILES string of the molecule is C1=CC2C3=C(C=CCC3)N(c3ccc(-c4ccc(-n5c6c(c7ccccc75)CCC=C6)cc4)cc3)C2C=C1. The van der Waals surface area contributed by atoms with E-state index < -0.39 is 0 Å². The van der Waals surface area contributed by atoms with Crippen LogP contribution in [0, 0.1) is 5.92 Å². The number of nitrogens with zero attached hydrogens (tertiary/aromatic N) is 2. The number of aromatic nitrogens is 1. The summed E-state index contributed by atoms with van der Waals surface area (Å²) in [5.41, 5.74) is 12.1. The predicted octanol–water partition coefficient (Wildman–Crippen LogP) is 8.79. The molecule has 4 aromatic rings. The first kappa shape index (κ1) is 21.8. The van der Waals surface area contributed by atoms with Crippen LogP contribution in [0.25, 0.3) is 33.8 Å². The number of para-hydroxylation sites is 1. The maximum atomic E-state index is 2.54. The number of anilines is 1. The number of hydrogen-bond donors (Lipinski definition) is 0. The second kappa shape index (κ2) is 8.63. The summed E-state index contributed by atoms with van der Waals surface area (Å²) in [6.45, 7) is 0. The molecule has 0 bridgehead atoms. The Bertz CT molecular complexity index is 1700. The van der Waals surface area contributed by atoms with Crippen LogP contribution >= 0.6 is 0 Å². The Morgan fingerprint density at radius 2 is 1.37 bits per heavy atom. The van der Waals surface area contributed by atoms with E-state index in [4.69, 9.17) is 0 Å². The minimum absolute atomic E-state index is 0.384. The molecule has 0 spiro atoms. The monoisotopic (exact) mass is 490 g/mol. The molecule has 38 heavy (non-hydrogen) atoms. The second-order valence-electron chi connectivity index (χ2n) is 10.8. The molecular formula is C36H30N2. The van der Waals surface area contributed by atoms with Gasteiger partial charge in [0.2, 0.25) is 0 Å². The maximum Gasteiger partial charge on any atom is 0.0626 e. The van der Waals surface area contributed by atoms with Gasteiger partial charge in [0.1, 0.15) is 0 Å². The fraction of sp³-hybridized carbons (Fsp3) is 0.167.